The number of morpholine rings is 1. The van der Waals surface area contributed by atoms with Gasteiger partial charge in [-0.2, -0.15) is 5.26 Å². The fraction of sp³-hybridized carbons (Fsp3) is 0.400. The van der Waals surface area contributed by atoms with E-state index < -0.39 is 6.10 Å². The Bertz CT molecular complexity index is 571. The van der Waals surface area contributed by atoms with Crippen LogP contribution in [0.5, 0.6) is 0 Å². The topological polar surface area (TPSA) is 62.3 Å². The van der Waals surface area contributed by atoms with E-state index in [0.717, 1.165) is 0 Å². The zero-order valence-corrected chi connectivity index (χ0v) is 11.1. The summed E-state index contributed by atoms with van der Waals surface area (Å²) in [5.74, 6) is 5.21. The van der Waals surface area contributed by atoms with E-state index in [1.54, 1.807) is 12.1 Å². The minimum Gasteiger partial charge on any atom is -0.361 e. The van der Waals surface area contributed by atoms with Gasteiger partial charge in [0.25, 0.3) is 0 Å². The van der Waals surface area contributed by atoms with Crippen molar-refractivity contribution in [2.45, 2.75) is 12.6 Å². The molecule has 2 rings (SSSR count). The highest BCUT2D eigenvalue weighted by Gasteiger charge is 2.20. The molecule has 0 radical (unpaired) electrons. The molecular weight excluding hydrogens is 257 g/mol. The molecule has 1 heterocycles. The maximum absolute atomic E-state index is 14.0. The van der Waals surface area contributed by atoms with Gasteiger partial charge in [0.05, 0.1) is 19.2 Å². The Morgan fingerprint density at radius 2 is 2.35 bits per heavy atom. The number of hydrogen-bond acceptors (Lipinski definition) is 4. The highest BCUT2D eigenvalue weighted by Crippen LogP contribution is 2.14. The summed E-state index contributed by atoms with van der Waals surface area (Å²) >= 11 is 0. The van der Waals surface area contributed by atoms with Crippen molar-refractivity contribution in [2.24, 2.45) is 5.73 Å². The van der Waals surface area contributed by atoms with E-state index in [2.05, 4.69) is 17.9 Å². The Labute approximate surface area is 117 Å². The lowest BCUT2D eigenvalue weighted by atomic mass is 10.1. The second-order valence-electron chi connectivity index (χ2n) is 4.54. The molecule has 0 spiro atoms. The lowest BCUT2D eigenvalue weighted by Gasteiger charge is -2.29. The van der Waals surface area contributed by atoms with Crippen LogP contribution in [-0.2, 0) is 11.3 Å². The largest absolute Gasteiger partial charge is 0.361 e. The van der Waals surface area contributed by atoms with Gasteiger partial charge in [0, 0.05) is 30.8 Å². The summed E-state index contributed by atoms with van der Waals surface area (Å²) in [5.41, 5.74) is 6.50. The van der Waals surface area contributed by atoms with Crippen LogP contribution < -0.4 is 5.73 Å². The molecule has 1 aromatic carbocycles. The first kappa shape index (κ1) is 14.5. The van der Waals surface area contributed by atoms with Crippen molar-refractivity contribution < 1.29 is 9.13 Å². The molecule has 0 saturated carbocycles. The van der Waals surface area contributed by atoms with E-state index in [0.29, 0.717) is 37.4 Å². The van der Waals surface area contributed by atoms with Crippen LogP contribution in [0.4, 0.5) is 4.39 Å². The lowest BCUT2D eigenvalue weighted by molar-refractivity contribution is -0.00304. The summed E-state index contributed by atoms with van der Waals surface area (Å²) in [6.07, 6.45) is -0.429. The van der Waals surface area contributed by atoms with Gasteiger partial charge in [-0.3, -0.25) is 4.90 Å². The van der Waals surface area contributed by atoms with E-state index in [1.807, 2.05) is 4.90 Å². The van der Waals surface area contributed by atoms with Crippen LogP contribution in [0.3, 0.4) is 0 Å². The molecule has 20 heavy (non-hydrogen) atoms. The fourth-order valence-corrected chi connectivity index (χ4v) is 2.07. The van der Waals surface area contributed by atoms with Crippen molar-refractivity contribution >= 4 is 0 Å². The molecule has 1 atom stereocenters. The number of rotatable bonds is 2. The van der Waals surface area contributed by atoms with Crippen LogP contribution in [0.1, 0.15) is 11.1 Å². The summed E-state index contributed by atoms with van der Waals surface area (Å²) < 4.78 is 19.3. The zero-order valence-electron chi connectivity index (χ0n) is 11.1. The molecule has 1 saturated heterocycles. The Morgan fingerprint density at radius 1 is 1.50 bits per heavy atom. The molecule has 5 heteroatoms. The average molecular weight is 273 g/mol. The van der Waals surface area contributed by atoms with Crippen LogP contribution in [0.2, 0.25) is 0 Å². The summed E-state index contributed by atoms with van der Waals surface area (Å²) in [6, 6.07) is 7.01. The predicted molar refractivity (Wildman–Crippen MR) is 73.0 cm³/mol. The number of benzene rings is 1. The molecule has 1 unspecified atom stereocenters. The van der Waals surface area contributed by atoms with Gasteiger partial charge in [0.2, 0.25) is 0 Å². The minimum absolute atomic E-state index is 0.257. The first-order valence-corrected chi connectivity index (χ1v) is 6.44. The number of halogens is 1. The standard InChI is InChI=1S/C15H16FN3O/c16-15-8-12(2-1-5-17)3-4-13(15)10-19-6-7-20-14(9-18)11-19/h3-4,8,14H,5-7,10-11,17H2. The number of hydrogen-bond donors (Lipinski definition) is 1. The van der Waals surface area contributed by atoms with Crippen molar-refractivity contribution in [1.82, 2.24) is 4.90 Å². The molecule has 2 N–H and O–H groups in total. The summed E-state index contributed by atoms with van der Waals surface area (Å²) in [6.45, 7) is 2.43. The van der Waals surface area contributed by atoms with E-state index in [-0.39, 0.29) is 12.4 Å². The predicted octanol–water partition coefficient (Wildman–Crippen LogP) is 0.860. The van der Waals surface area contributed by atoms with Gasteiger partial charge in [-0.25, -0.2) is 4.39 Å². The third-order valence-corrected chi connectivity index (χ3v) is 3.08. The molecule has 0 amide bonds. The van der Waals surface area contributed by atoms with E-state index in [1.165, 1.54) is 6.07 Å². The van der Waals surface area contributed by atoms with Crippen molar-refractivity contribution in [1.29, 1.82) is 5.26 Å². The zero-order chi connectivity index (χ0) is 14.4. The summed E-state index contributed by atoms with van der Waals surface area (Å²) in [4.78, 5) is 2.01. The summed E-state index contributed by atoms with van der Waals surface area (Å²) in [5, 5.41) is 8.85. The second kappa shape index (κ2) is 7.02. The molecule has 104 valence electrons. The minimum atomic E-state index is -0.429. The van der Waals surface area contributed by atoms with Gasteiger partial charge in [-0.15, -0.1) is 0 Å². The van der Waals surface area contributed by atoms with Gasteiger partial charge < -0.3 is 10.5 Å². The molecule has 0 bridgehead atoms. The van der Waals surface area contributed by atoms with Crippen LogP contribution in [0.25, 0.3) is 0 Å². The molecular formula is C15H16FN3O. The van der Waals surface area contributed by atoms with Gasteiger partial charge in [0.1, 0.15) is 5.82 Å². The Morgan fingerprint density at radius 3 is 3.05 bits per heavy atom. The number of nitriles is 1. The van der Waals surface area contributed by atoms with Crippen LogP contribution in [-0.4, -0.2) is 37.2 Å². The third-order valence-electron chi connectivity index (χ3n) is 3.08. The molecule has 1 aliphatic rings. The fourth-order valence-electron chi connectivity index (χ4n) is 2.07. The average Bonchev–Trinajstić information content (AvgIpc) is 2.48. The summed E-state index contributed by atoms with van der Waals surface area (Å²) in [7, 11) is 0. The molecule has 4 nitrogen and oxygen atoms in total. The Kier molecular flexibility index (Phi) is 5.09. The van der Waals surface area contributed by atoms with E-state index >= 15 is 0 Å². The molecule has 0 aromatic heterocycles. The van der Waals surface area contributed by atoms with Crippen molar-refractivity contribution in [2.75, 3.05) is 26.2 Å². The molecule has 0 aliphatic carbocycles. The monoisotopic (exact) mass is 273 g/mol. The lowest BCUT2D eigenvalue weighted by Crippen LogP contribution is -2.41. The highest BCUT2D eigenvalue weighted by molar-refractivity contribution is 5.37. The van der Waals surface area contributed by atoms with Crippen molar-refractivity contribution in [3.05, 3.63) is 35.1 Å². The van der Waals surface area contributed by atoms with Crippen molar-refractivity contribution in [3.63, 3.8) is 0 Å². The smallest absolute Gasteiger partial charge is 0.156 e. The van der Waals surface area contributed by atoms with Gasteiger partial charge in [0.15, 0.2) is 6.10 Å². The van der Waals surface area contributed by atoms with E-state index in [9.17, 15) is 4.39 Å². The highest BCUT2D eigenvalue weighted by atomic mass is 19.1. The maximum atomic E-state index is 14.0. The number of nitrogens with zero attached hydrogens (tertiary/aromatic N) is 2. The quantitative estimate of drug-likeness (QED) is 0.812. The second-order valence-corrected chi connectivity index (χ2v) is 4.54. The normalized spacial score (nSPS) is 18.9. The number of ether oxygens (including phenoxy) is 1. The van der Waals surface area contributed by atoms with Crippen LogP contribution >= 0.6 is 0 Å². The first-order valence-electron chi connectivity index (χ1n) is 6.44. The van der Waals surface area contributed by atoms with Gasteiger partial charge >= 0.3 is 0 Å². The SMILES string of the molecule is N#CC1CN(Cc2ccc(C#CCN)cc2F)CCO1. The Hall–Kier alpha value is -1.92. The molecule has 1 aliphatic heterocycles. The van der Waals surface area contributed by atoms with Gasteiger partial charge in [-0.05, 0) is 12.1 Å². The van der Waals surface area contributed by atoms with Gasteiger partial charge in [-0.1, -0.05) is 17.9 Å². The first-order chi connectivity index (χ1) is 9.72. The third kappa shape index (κ3) is 3.79. The van der Waals surface area contributed by atoms with Crippen molar-refractivity contribution in [3.8, 4) is 17.9 Å². The van der Waals surface area contributed by atoms with Crippen LogP contribution in [0, 0.1) is 29.0 Å². The van der Waals surface area contributed by atoms with Crippen LogP contribution in [0.15, 0.2) is 18.2 Å². The Balaban J connectivity index is 2.04. The maximum Gasteiger partial charge on any atom is 0.156 e. The molecule has 1 aromatic rings. The van der Waals surface area contributed by atoms with E-state index in [4.69, 9.17) is 15.7 Å². The number of nitrogens with two attached hydrogens (primary N) is 1. The molecule has 1 fully saturated rings.